The van der Waals surface area contributed by atoms with Crippen LogP contribution in [0.4, 0.5) is 0 Å². The summed E-state index contributed by atoms with van der Waals surface area (Å²) in [6.45, 7) is 1.33. The maximum Gasteiger partial charge on any atom is 0.474 e. The lowest BCUT2D eigenvalue weighted by Gasteiger charge is -2.12. The molecule has 0 amide bonds. The van der Waals surface area contributed by atoms with Crippen molar-refractivity contribution < 1.29 is 26.6 Å². The Kier molecular flexibility index (Phi) is 5.85. The third-order valence-electron chi connectivity index (χ3n) is 1.53. The van der Waals surface area contributed by atoms with E-state index in [1.807, 2.05) is 0 Å². The van der Waals surface area contributed by atoms with Gasteiger partial charge in [-0.1, -0.05) is 6.92 Å². The fraction of sp³-hybridized carbons (Fsp3) is 1.00. The van der Waals surface area contributed by atoms with Crippen molar-refractivity contribution in [2.75, 3.05) is 32.3 Å². The summed E-state index contributed by atoms with van der Waals surface area (Å²) >= 11 is 0. The van der Waals surface area contributed by atoms with Gasteiger partial charge in [-0.15, -0.1) is 0 Å². The average molecular weight is 246 g/mol. The molecule has 0 saturated carbocycles. The van der Waals surface area contributed by atoms with Crippen molar-refractivity contribution in [1.29, 1.82) is 0 Å². The van der Waals surface area contributed by atoms with Crippen LogP contribution in [0.25, 0.3) is 0 Å². The Morgan fingerprint density at radius 1 is 1.21 bits per heavy atom. The van der Waals surface area contributed by atoms with E-state index in [0.717, 1.165) is 0 Å². The molecule has 0 aliphatic heterocycles. The molecule has 8 heteroatoms. The lowest BCUT2D eigenvalue weighted by atomic mass is 10.9. The highest BCUT2D eigenvalue weighted by molar-refractivity contribution is 7.91. The van der Waals surface area contributed by atoms with Gasteiger partial charge in [0.1, 0.15) is 0 Å². The first-order valence-electron chi connectivity index (χ1n) is 3.95. The lowest BCUT2D eigenvalue weighted by Crippen LogP contribution is -2.13. The van der Waals surface area contributed by atoms with Crippen molar-refractivity contribution >= 4 is 17.7 Å². The SMILES string of the molecule is CCS(=O)(=O)CCOP(=O)(OC)OC. The van der Waals surface area contributed by atoms with Crippen LogP contribution in [-0.2, 0) is 28.0 Å². The van der Waals surface area contributed by atoms with Crippen LogP contribution >= 0.6 is 7.82 Å². The minimum atomic E-state index is -3.54. The molecule has 0 saturated heterocycles. The summed E-state index contributed by atoms with van der Waals surface area (Å²) in [5.41, 5.74) is 0. The van der Waals surface area contributed by atoms with E-state index in [1.54, 1.807) is 0 Å². The summed E-state index contributed by atoms with van der Waals surface area (Å²) in [5.74, 6) is -0.166. The molecular weight excluding hydrogens is 231 g/mol. The van der Waals surface area contributed by atoms with Crippen molar-refractivity contribution in [2.45, 2.75) is 6.92 Å². The van der Waals surface area contributed by atoms with Gasteiger partial charge < -0.3 is 0 Å². The molecule has 0 rings (SSSR count). The maximum atomic E-state index is 11.3. The van der Waals surface area contributed by atoms with E-state index in [-0.39, 0.29) is 18.1 Å². The topological polar surface area (TPSA) is 78.9 Å². The standard InChI is InChI=1S/C6H15O6PS/c1-4-14(8,9)6-5-12-13(7,10-2)11-3/h4-6H2,1-3H3. The van der Waals surface area contributed by atoms with E-state index in [9.17, 15) is 13.0 Å². The predicted molar refractivity (Wildman–Crippen MR) is 51.9 cm³/mol. The van der Waals surface area contributed by atoms with Crippen molar-refractivity contribution in [3.8, 4) is 0 Å². The van der Waals surface area contributed by atoms with Crippen LogP contribution in [0.2, 0.25) is 0 Å². The van der Waals surface area contributed by atoms with Crippen LogP contribution in [0, 0.1) is 0 Å². The normalized spacial score (nSPS) is 13.1. The van der Waals surface area contributed by atoms with Gasteiger partial charge in [-0.25, -0.2) is 13.0 Å². The quantitative estimate of drug-likeness (QED) is 0.619. The zero-order chi connectivity index (χ0) is 11.2. The average Bonchev–Trinajstić information content (AvgIpc) is 2.17. The van der Waals surface area contributed by atoms with Gasteiger partial charge in [-0.3, -0.25) is 13.6 Å². The van der Waals surface area contributed by atoms with Crippen LogP contribution in [0.1, 0.15) is 6.92 Å². The molecule has 0 fully saturated rings. The molecule has 0 N–H and O–H groups in total. The highest BCUT2D eigenvalue weighted by Crippen LogP contribution is 2.47. The summed E-state index contributed by atoms with van der Waals surface area (Å²) in [4.78, 5) is 0. The molecule has 0 aromatic rings. The second-order valence-corrected chi connectivity index (χ2v) is 6.74. The van der Waals surface area contributed by atoms with Gasteiger partial charge in [0.25, 0.3) is 0 Å². The summed E-state index contributed by atoms with van der Waals surface area (Å²) in [6, 6.07) is 0. The first-order chi connectivity index (χ1) is 6.39. The van der Waals surface area contributed by atoms with Crippen LogP contribution in [0.3, 0.4) is 0 Å². The van der Waals surface area contributed by atoms with E-state index in [2.05, 4.69) is 9.05 Å². The molecule has 0 spiro atoms. The van der Waals surface area contributed by atoms with Gasteiger partial charge in [-0.2, -0.15) is 0 Å². The fourth-order valence-electron chi connectivity index (χ4n) is 0.600. The molecule has 6 nitrogen and oxygen atoms in total. The zero-order valence-corrected chi connectivity index (χ0v) is 10.1. The van der Waals surface area contributed by atoms with Crippen LogP contribution in [0.5, 0.6) is 0 Å². The molecule has 0 aliphatic carbocycles. The van der Waals surface area contributed by atoms with Crippen LogP contribution in [-0.4, -0.2) is 40.7 Å². The molecule has 0 aliphatic rings. The first kappa shape index (κ1) is 14.1. The molecule has 0 bridgehead atoms. The molecule has 0 radical (unpaired) electrons. The monoisotopic (exact) mass is 246 g/mol. The molecule has 86 valence electrons. The highest BCUT2D eigenvalue weighted by atomic mass is 32.2. The lowest BCUT2D eigenvalue weighted by molar-refractivity contribution is 0.159. The first-order valence-corrected chi connectivity index (χ1v) is 7.24. The molecule has 14 heavy (non-hydrogen) atoms. The van der Waals surface area contributed by atoms with E-state index in [4.69, 9.17) is 4.52 Å². The summed E-state index contributed by atoms with van der Waals surface area (Å²) in [7, 11) is -4.33. The smallest absolute Gasteiger partial charge is 0.290 e. The molecule has 0 aromatic carbocycles. The summed E-state index contributed by atoms with van der Waals surface area (Å²) in [6.07, 6.45) is 0. The van der Waals surface area contributed by atoms with Crippen molar-refractivity contribution in [1.82, 2.24) is 0 Å². The van der Waals surface area contributed by atoms with Crippen LogP contribution < -0.4 is 0 Å². The van der Waals surface area contributed by atoms with Crippen molar-refractivity contribution in [3.63, 3.8) is 0 Å². The Morgan fingerprint density at radius 2 is 1.71 bits per heavy atom. The molecule has 0 unspecified atom stereocenters. The number of hydrogen-bond acceptors (Lipinski definition) is 6. The third-order valence-corrected chi connectivity index (χ3v) is 4.59. The minimum absolute atomic E-state index is 0.0284. The Morgan fingerprint density at radius 3 is 2.07 bits per heavy atom. The van der Waals surface area contributed by atoms with Gasteiger partial charge in [0, 0.05) is 20.0 Å². The van der Waals surface area contributed by atoms with Crippen molar-refractivity contribution in [2.24, 2.45) is 0 Å². The van der Waals surface area contributed by atoms with Gasteiger partial charge in [0.2, 0.25) is 0 Å². The zero-order valence-electron chi connectivity index (χ0n) is 8.43. The third kappa shape index (κ3) is 5.07. The van der Waals surface area contributed by atoms with E-state index in [0.29, 0.717) is 0 Å². The summed E-state index contributed by atoms with van der Waals surface area (Å²) < 4.78 is 46.9. The number of phosphoric ester groups is 1. The minimum Gasteiger partial charge on any atom is -0.290 e. The molecule has 0 heterocycles. The Hall–Kier alpha value is 0.0600. The second-order valence-electron chi connectivity index (χ2n) is 2.38. The maximum absolute atomic E-state index is 11.3. The molecule has 0 atom stereocenters. The predicted octanol–water partition coefficient (Wildman–Crippen LogP) is 0.839. The van der Waals surface area contributed by atoms with E-state index >= 15 is 0 Å². The highest BCUT2D eigenvalue weighted by Gasteiger charge is 2.23. The van der Waals surface area contributed by atoms with E-state index < -0.39 is 17.7 Å². The second kappa shape index (κ2) is 5.82. The molecule has 0 aromatic heterocycles. The largest absolute Gasteiger partial charge is 0.474 e. The number of hydrogen-bond donors (Lipinski definition) is 0. The molecular formula is C6H15O6PS. The van der Waals surface area contributed by atoms with E-state index in [1.165, 1.54) is 21.1 Å². The Balaban J connectivity index is 4.03. The Bertz CT molecular complexity index is 289. The van der Waals surface area contributed by atoms with Crippen LogP contribution in [0.15, 0.2) is 0 Å². The van der Waals surface area contributed by atoms with Gasteiger partial charge in [-0.05, 0) is 0 Å². The number of rotatable bonds is 7. The summed E-state index contributed by atoms with van der Waals surface area (Å²) in [5, 5.41) is 0. The van der Waals surface area contributed by atoms with Gasteiger partial charge in [0.05, 0.1) is 12.4 Å². The van der Waals surface area contributed by atoms with Crippen molar-refractivity contribution in [3.05, 3.63) is 0 Å². The van der Waals surface area contributed by atoms with Gasteiger partial charge >= 0.3 is 7.82 Å². The number of sulfone groups is 1. The number of phosphoric acid groups is 1. The Labute approximate surface area is 84.1 Å². The fourth-order valence-corrected chi connectivity index (χ4v) is 2.02. The van der Waals surface area contributed by atoms with Gasteiger partial charge in [0.15, 0.2) is 9.84 Å².